The minimum absolute atomic E-state index is 0.275. The largest absolute Gasteiger partial charge is 0.480 e. The average molecular weight is 256 g/mol. The van der Waals surface area contributed by atoms with Gasteiger partial charge in [-0.25, -0.2) is 0 Å². The van der Waals surface area contributed by atoms with Crippen molar-refractivity contribution in [1.82, 2.24) is 0 Å². The van der Waals surface area contributed by atoms with Crippen LogP contribution >= 0.6 is 0 Å². The maximum atomic E-state index is 11.4. The number of rotatable bonds is 2. The number of carboxylic acid groups (broad SMARTS) is 2. The van der Waals surface area contributed by atoms with Crippen molar-refractivity contribution in [3.63, 3.8) is 0 Å². The van der Waals surface area contributed by atoms with E-state index in [1.807, 2.05) is 0 Å². The summed E-state index contributed by atoms with van der Waals surface area (Å²) in [6, 6.07) is 0. The number of hydrogen-bond donors (Lipinski definition) is 2. The van der Waals surface area contributed by atoms with Crippen LogP contribution < -0.4 is 0 Å². The van der Waals surface area contributed by atoms with Gasteiger partial charge in [-0.15, -0.1) is 0 Å². The van der Waals surface area contributed by atoms with Gasteiger partial charge in [0.15, 0.2) is 5.41 Å². The summed E-state index contributed by atoms with van der Waals surface area (Å²) in [5.74, 6) is -2.32. The fourth-order valence-electron chi connectivity index (χ4n) is 2.74. The lowest BCUT2D eigenvalue weighted by Crippen LogP contribution is -2.39. The first-order valence-electron chi connectivity index (χ1n) is 7.06. The van der Waals surface area contributed by atoms with Gasteiger partial charge >= 0.3 is 11.9 Å². The molecular formula is C14H24O4. The van der Waals surface area contributed by atoms with Crippen molar-refractivity contribution >= 4 is 11.9 Å². The number of aliphatic carboxylic acids is 2. The van der Waals surface area contributed by atoms with Gasteiger partial charge in [0, 0.05) is 0 Å². The van der Waals surface area contributed by atoms with E-state index in [1.54, 1.807) is 0 Å². The Kier molecular flexibility index (Phi) is 6.16. The topological polar surface area (TPSA) is 74.6 Å². The summed E-state index contributed by atoms with van der Waals surface area (Å²) < 4.78 is 0. The third-order valence-electron chi connectivity index (χ3n) is 4.03. The number of carbonyl (C=O) groups is 2. The average Bonchev–Trinajstić information content (AvgIpc) is 2.29. The third-order valence-corrected chi connectivity index (χ3v) is 4.03. The highest BCUT2D eigenvalue weighted by Crippen LogP contribution is 2.33. The molecule has 104 valence electrons. The fraction of sp³-hybridized carbons (Fsp3) is 0.857. The Morgan fingerprint density at radius 2 is 0.889 bits per heavy atom. The van der Waals surface area contributed by atoms with E-state index in [9.17, 15) is 19.8 Å². The Morgan fingerprint density at radius 1 is 0.611 bits per heavy atom. The highest BCUT2D eigenvalue weighted by Gasteiger charge is 2.45. The molecule has 4 nitrogen and oxygen atoms in total. The molecule has 0 bridgehead atoms. The second-order valence-electron chi connectivity index (χ2n) is 5.37. The number of carboxylic acids is 2. The molecule has 1 saturated carbocycles. The van der Waals surface area contributed by atoms with Gasteiger partial charge in [0.05, 0.1) is 0 Å². The Balaban J connectivity index is 2.69. The molecule has 0 aliphatic heterocycles. The normalized spacial score (nSPS) is 22.4. The van der Waals surface area contributed by atoms with Crippen LogP contribution in [0.15, 0.2) is 0 Å². The van der Waals surface area contributed by atoms with Crippen LogP contribution in [0.5, 0.6) is 0 Å². The summed E-state index contributed by atoms with van der Waals surface area (Å²) in [6.07, 6.45) is 9.67. The van der Waals surface area contributed by atoms with Crippen molar-refractivity contribution in [1.29, 1.82) is 0 Å². The van der Waals surface area contributed by atoms with E-state index in [0.29, 0.717) is 12.8 Å². The summed E-state index contributed by atoms with van der Waals surface area (Å²) in [7, 11) is 0. The van der Waals surface area contributed by atoms with E-state index in [4.69, 9.17) is 0 Å². The van der Waals surface area contributed by atoms with E-state index >= 15 is 0 Å². The summed E-state index contributed by atoms with van der Waals surface area (Å²) in [6.45, 7) is 0. The van der Waals surface area contributed by atoms with Gasteiger partial charge in [0.2, 0.25) is 0 Å². The Bertz CT molecular complexity index is 258. The van der Waals surface area contributed by atoms with Crippen LogP contribution in [0.1, 0.15) is 70.6 Å². The molecule has 0 heterocycles. The first-order chi connectivity index (χ1) is 8.59. The van der Waals surface area contributed by atoms with Crippen LogP contribution in [-0.4, -0.2) is 22.2 Å². The first-order valence-corrected chi connectivity index (χ1v) is 7.06. The monoisotopic (exact) mass is 256 g/mol. The molecule has 1 fully saturated rings. The quantitative estimate of drug-likeness (QED) is 0.742. The predicted molar refractivity (Wildman–Crippen MR) is 68.5 cm³/mol. The molecule has 0 spiro atoms. The van der Waals surface area contributed by atoms with Crippen molar-refractivity contribution in [3.05, 3.63) is 0 Å². The zero-order valence-electron chi connectivity index (χ0n) is 11.0. The maximum absolute atomic E-state index is 11.4. The van der Waals surface area contributed by atoms with Crippen molar-refractivity contribution in [3.8, 4) is 0 Å². The Morgan fingerprint density at radius 3 is 1.17 bits per heavy atom. The standard InChI is InChI=1S/C14H24O4/c15-12(16)14(13(17)18)10-8-6-4-2-1-3-5-7-9-11-14/h1-11H2,(H,15,16)(H,17,18). The van der Waals surface area contributed by atoms with Gasteiger partial charge in [-0.1, -0.05) is 57.8 Å². The molecule has 0 amide bonds. The zero-order valence-corrected chi connectivity index (χ0v) is 11.0. The van der Waals surface area contributed by atoms with Crippen LogP contribution in [0.4, 0.5) is 0 Å². The minimum Gasteiger partial charge on any atom is -0.480 e. The molecule has 0 atom stereocenters. The lowest BCUT2D eigenvalue weighted by atomic mass is 9.77. The van der Waals surface area contributed by atoms with Gasteiger partial charge in [0.1, 0.15) is 0 Å². The minimum atomic E-state index is -1.54. The molecule has 0 aromatic carbocycles. The fourth-order valence-corrected chi connectivity index (χ4v) is 2.74. The van der Waals surface area contributed by atoms with E-state index in [0.717, 1.165) is 25.7 Å². The van der Waals surface area contributed by atoms with Gasteiger partial charge in [0.25, 0.3) is 0 Å². The molecule has 0 unspecified atom stereocenters. The van der Waals surface area contributed by atoms with Crippen molar-refractivity contribution in [2.75, 3.05) is 0 Å². The van der Waals surface area contributed by atoms with Crippen LogP contribution in [0.25, 0.3) is 0 Å². The van der Waals surface area contributed by atoms with E-state index in [-0.39, 0.29) is 12.8 Å². The van der Waals surface area contributed by atoms with E-state index < -0.39 is 17.4 Å². The summed E-state index contributed by atoms with van der Waals surface area (Å²) in [5, 5.41) is 18.6. The first kappa shape index (κ1) is 15.0. The van der Waals surface area contributed by atoms with Crippen molar-refractivity contribution < 1.29 is 19.8 Å². The summed E-state index contributed by atoms with van der Waals surface area (Å²) >= 11 is 0. The number of hydrogen-bond acceptors (Lipinski definition) is 2. The summed E-state index contributed by atoms with van der Waals surface area (Å²) in [4.78, 5) is 22.7. The second-order valence-corrected chi connectivity index (χ2v) is 5.37. The molecule has 2 N–H and O–H groups in total. The van der Waals surface area contributed by atoms with Crippen LogP contribution in [-0.2, 0) is 9.59 Å². The van der Waals surface area contributed by atoms with E-state index in [1.165, 1.54) is 19.3 Å². The lowest BCUT2D eigenvalue weighted by Gasteiger charge is -2.25. The molecule has 1 aliphatic rings. The van der Waals surface area contributed by atoms with E-state index in [2.05, 4.69) is 0 Å². The second kappa shape index (κ2) is 7.39. The molecular weight excluding hydrogens is 232 g/mol. The Hall–Kier alpha value is -1.06. The highest BCUT2D eigenvalue weighted by atomic mass is 16.4. The maximum Gasteiger partial charge on any atom is 0.321 e. The predicted octanol–water partition coefficient (Wildman–Crippen LogP) is 3.45. The van der Waals surface area contributed by atoms with Gasteiger partial charge in [-0.3, -0.25) is 9.59 Å². The van der Waals surface area contributed by atoms with Crippen molar-refractivity contribution in [2.24, 2.45) is 5.41 Å². The molecule has 0 aromatic heterocycles. The molecule has 18 heavy (non-hydrogen) atoms. The molecule has 4 heteroatoms. The van der Waals surface area contributed by atoms with Gasteiger partial charge < -0.3 is 10.2 Å². The zero-order chi connectivity index (χ0) is 13.4. The summed E-state index contributed by atoms with van der Waals surface area (Å²) in [5.41, 5.74) is -1.54. The molecule has 0 radical (unpaired) electrons. The highest BCUT2D eigenvalue weighted by molar-refractivity contribution is 5.98. The molecule has 1 rings (SSSR count). The smallest absolute Gasteiger partial charge is 0.321 e. The van der Waals surface area contributed by atoms with Crippen LogP contribution in [0, 0.1) is 5.41 Å². The molecule has 1 aliphatic carbocycles. The van der Waals surface area contributed by atoms with Crippen LogP contribution in [0.2, 0.25) is 0 Å². The SMILES string of the molecule is O=C(O)C1(C(=O)O)CCCCCCCCCCC1. The van der Waals surface area contributed by atoms with Gasteiger partial charge in [-0.05, 0) is 12.8 Å². The van der Waals surface area contributed by atoms with Crippen LogP contribution in [0.3, 0.4) is 0 Å². The lowest BCUT2D eigenvalue weighted by molar-refractivity contribution is -0.166. The Labute approximate surface area is 108 Å². The third kappa shape index (κ3) is 4.00. The van der Waals surface area contributed by atoms with Gasteiger partial charge in [-0.2, -0.15) is 0 Å². The molecule has 0 aromatic rings. The van der Waals surface area contributed by atoms with Crippen molar-refractivity contribution in [2.45, 2.75) is 70.6 Å². The molecule has 0 saturated heterocycles.